The van der Waals surface area contributed by atoms with Gasteiger partial charge in [-0.05, 0) is 50.8 Å². The summed E-state index contributed by atoms with van der Waals surface area (Å²) in [6.07, 6.45) is 6.73. The summed E-state index contributed by atoms with van der Waals surface area (Å²) in [5.41, 5.74) is 7.51. The Morgan fingerprint density at radius 2 is 2.21 bits per heavy atom. The lowest BCUT2D eigenvalue weighted by Gasteiger charge is -2.39. The van der Waals surface area contributed by atoms with Crippen molar-refractivity contribution in [3.05, 3.63) is 29.6 Å². The predicted octanol–water partition coefficient (Wildman–Crippen LogP) is 3.49. The van der Waals surface area contributed by atoms with Crippen molar-refractivity contribution in [3.63, 3.8) is 0 Å². The van der Waals surface area contributed by atoms with Crippen LogP contribution >= 0.6 is 0 Å². The molecule has 1 aromatic carbocycles. The minimum Gasteiger partial charge on any atom is -0.368 e. The Kier molecular flexibility index (Phi) is 5.20. The highest BCUT2D eigenvalue weighted by Gasteiger charge is 2.24. The zero-order valence-corrected chi connectivity index (χ0v) is 11.9. The van der Waals surface area contributed by atoms with E-state index >= 15 is 0 Å². The SMILES string of the molecule is CCCC1CCCCN1c1cccc(F)c1CCN. The summed E-state index contributed by atoms with van der Waals surface area (Å²) in [6, 6.07) is 5.99. The molecule has 1 aliphatic rings. The van der Waals surface area contributed by atoms with Crippen LogP contribution in [0.1, 0.15) is 44.6 Å². The third-order valence-corrected chi connectivity index (χ3v) is 4.05. The maximum Gasteiger partial charge on any atom is 0.128 e. The van der Waals surface area contributed by atoms with Crippen LogP contribution in [0.3, 0.4) is 0 Å². The van der Waals surface area contributed by atoms with Crippen LogP contribution in [0.15, 0.2) is 18.2 Å². The molecule has 1 aliphatic heterocycles. The summed E-state index contributed by atoms with van der Waals surface area (Å²) in [6.45, 7) is 3.77. The first-order chi connectivity index (χ1) is 9.27. The van der Waals surface area contributed by atoms with E-state index in [0.717, 1.165) is 17.8 Å². The van der Waals surface area contributed by atoms with Crippen molar-refractivity contribution in [1.82, 2.24) is 0 Å². The van der Waals surface area contributed by atoms with Crippen molar-refractivity contribution in [3.8, 4) is 0 Å². The molecule has 1 heterocycles. The molecule has 0 radical (unpaired) electrons. The topological polar surface area (TPSA) is 29.3 Å². The summed E-state index contributed by atoms with van der Waals surface area (Å²) >= 11 is 0. The Balaban J connectivity index is 2.30. The Hall–Kier alpha value is -1.09. The van der Waals surface area contributed by atoms with Crippen molar-refractivity contribution in [2.45, 2.75) is 51.5 Å². The first-order valence-corrected chi connectivity index (χ1v) is 7.52. The van der Waals surface area contributed by atoms with Crippen LogP contribution in [0, 0.1) is 5.82 Å². The second-order valence-corrected chi connectivity index (χ2v) is 5.41. The Labute approximate surface area is 115 Å². The van der Waals surface area contributed by atoms with Crippen LogP contribution in [0.5, 0.6) is 0 Å². The number of hydrogen-bond acceptors (Lipinski definition) is 2. The second-order valence-electron chi connectivity index (χ2n) is 5.41. The van der Waals surface area contributed by atoms with Crippen LogP contribution in [-0.4, -0.2) is 19.1 Å². The van der Waals surface area contributed by atoms with Crippen molar-refractivity contribution >= 4 is 5.69 Å². The summed E-state index contributed by atoms with van der Waals surface area (Å²) < 4.78 is 14.0. The van der Waals surface area contributed by atoms with E-state index in [9.17, 15) is 4.39 Å². The number of rotatable bonds is 5. The zero-order chi connectivity index (χ0) is 13.7. The maximum atomic E-state index is 14.0. The molecular formula is C16H25FN2. The van der Waals surface area contributed by atoms with E-state index in [2.05, 4.69) is 17.9 Å². The number of halogens is 1. The highest BCUT2D eigenvalue weighted by atomic mass is 19.1. The Bertz CT molecular complexity index is 404. The lowest BCUT2D eigenvalue weighted by Crippen LogP contribution is -2.40. The fourth-order valence-electron chi connectivity index (χ4n) is 3.16. The summed E-state index contributed by atoms with van der Waals surface area (Å²) in [5.74, 6) is -0.108. The van der Waals surface area contributed by atoms with Gasteiger partial charge < -0.3 is 10.6 Å². The van der Waals surface area contributed by atoms with Gasteiger partial charge in [0.05, 0.1) is 0 Å². The van der Waals surface area contributed by atoms with E-state index in [1.807, 2.05) is 6.07 Å². The third-order valence-electron chi connectivity index (χ3n) is 4.05. The van der Waals surface area contributed by atoms with Gasteiger partial charge in [-0.3, -0.25) is 0 Å². The number of anilines is 1. The average Bonchev–Trinajstić information content (AvgIpc) is 2.42. The van der Waals surface area contributed by atoms with Gasteiger partial charge in [-0.15, -0.1) is 0 Å². The normalized spacial score (nSPS) is 19.7. The van der Waals surface area contributed by atoms with Crippen LogP contribution in [-0.2, 0) is 6.42 Å². The number of hydrogen-bond donors (Lipinski definition) is 1. The molecule has 1 saturated heterocycles. The van der Waals surface area contributed by atoms with E-state index in [-0.39, 0.29) is 5.82 Å². The maximum absolute atomic E-state index is 14.0. The second kappa shape index (κ2) is 6.90. The molecule has 0 aromatic heterocycles. The fraction of sp³-hybridized carbons (Fsp3) is 0.625. The van der Waals surface area contributed by atoms with Crippen LogP contribution < -0.4 is 10.6 Å². The van der Waals surface area contributed by atoms with Crippen LogP contribution in [0.4, 0.5) is 10.1 Å². The van der Waals surface area contributed by atoms with E-state index < -0.39 is 0 Å². The van der Waals surface area contributed by atoms with Gasteiger partial charge in [0.25, 0.3) is 0 Å². The Morgan fingerprint density at radius 1 is 1.37 bits per heavy atom. The van der Waals surface area contributed by atoms with Crippen molar-refractivity contribution in [1.29, 1.82) is 0 Å². The minimum atomic E-state index is -0.108. The number of piperidine rings is 1. The molecule has 1 fully saturated rings. The molecule has 0 spiro atoms. The molecule has 0 aliphatic carbocycles. The summed E-state index contributed by atoms with van der Waals surface area (Å²) in [7, 11) is 0. The van der Waals surface area contributed by atoms with E-state index in [4.69, 9.17) is 5.73 Å². The molecule has 106 valence electrons. The Morgan fingerprint density at radius 3 is 2.95 bits per heavy atom. The smallest absolute Gasteiger partial charge is 0.128 e. The van der Waals surface area contributed by atoms with E-state index in [1.165, 1.54) is 32.1 Å². The first-order valence-electron chi connectivity index (χ1n) is 7.52. The molecule has 1 atom stereocenters. The summed E-state index contributed by atoms with van der Waals surface area (Å²) in [5, 5.41) is 0. The van der Waals surface area contributed by atoms with Gasteiger partial charge in [0.2, 0.25) is 0 Å². The lowest BCUT2D eigenvalue weighted by molar-refractivity contribution is 0.433. The fourth-order valence-corrected chi connectivity index (χ4v) is 3.16. The molecule has 0 saturated carbocycles. The molecule has 0 bridgehead atoms. The molecule has 2 N–H and O–H groups in total. The highest BCUT2D eigenvalue weighted by molar-refractivity contribution is 5.55. The van der Waals surface area contributed by atoms with E-state index in [0.29, 0.717) is 19.0 Å². The first kappa shape index (κ1) is 14.3. The highest BCUT2D eigenvalue weighted by Crippen LogP contribution is 2.31. The third kappa shape index (κ3) is 3.27. The lowest BCUT2D eigenvalue weighted by atomic mass is 9.96. The van der Waals surface area contributed by atoms with Gasteiger partial charge in [-0.2, -0.15) is 0 Å². The summed E-state index contributed by atoms with van der Waals surface area (Å²) in [4.78, 5) is 2.42. The standard InChI is InChI=1S/C16H25FN2/c1-2-6-13-7-3-4-12-19(13)16-9-5-8-15(17)14(16)10-11-18/h5,8-9,13H,2-4,6-7,10-12,18H2,1H3. The monoisotopic (exact) mass is 264 g/mol. The molecule has 2 rings (SSSR count). The molecule has 2 nitrogen and oxygen atoms in total. The zero-order valence-electron chi connectivity index (χ0n) is 11.9. The average molecular weight is 264 g/mol. The van der Waals surface area contributed by atoms with Crippen molar-refractivity contribution in [2.24, 2.45) is 5.73 Å². The van der Waals surface area contributed by atoms with Crippen LogP contribution in [0.2, 0.25) is 0 Å². The van der Waals surface area contributed by atoms with Gasteiger partial charge in [0.15, 0.2) is 0 Å². The van der Waals surface area contributed by atoms with Crippen molar-refractivity contribution < 1.29 is 4.39 Å². The van der Waals surface area contributed by atoms with Crippen molar-refractivity contribution in [2.75, 3.05) is 18.0 Å². The quantitative estimate of drug-likeness (QED) is 0.882. The van der Waals surface area contributed by atoms with Gasteiger partial charge in [0, 0.05) is 23.8 Å². The largest absolute Gasteiger partial charge is 0.368 e. The predicted molar refractivity (Wildman–Crippen MR) is 79.1 cm³/mol. The molecule has 19 heavy (non-hydrogen) atoms. The number of nitrogens with two attached hydrogens (primary N) is 1. The minimum absolute atomic E-state index is 0.108. The number of benzene rings is 1. The molecule has 1 unspecified atom stereocenters. The molecular weight excluding hydrogens is 239 g/mol. The van der Waals surface area contributed by atoms with Gasteiger partial charge in [0.1, 0.15) is 5.82 Å². The van der Waals surface area contributed by atoms with Crippen LogP contribution in [0.25, 0.3) is 0 Å². The number of nitrogens with zero attached hydrogens (tertiary/aromatic N) is 1. The van der Waals surface area contributed by atoms with Gasteiger partial charge in [-0.1, -0.05) is 19.4 Å². The molecule has 1 aromatic rings. The van der Waals surface area contributed by atoms with Gasteiger partial charge in [-0.25, -0.2) is 4.39 Å². The van der Waals surface area contributed by atoms with E-state index in [1.54, 1.807) is 6.07 Å². The molecule has 3 heteroatoms. The molecule has 0 amide bonds. The van der Waals surface area contributed by atoms with Gasteiger partial charge >= 0.3 is 0 Å².